The van der Waals surface area contributed by atoms with Crippen LogP contribution in [0.5, 0.6) is 0 Å². The molecule has 0 bridgehead atoms. The molecule has 0 amide bonds. The number of allylic oxidation sites excluding steroid dienone is 1. The summed E-state index contributed by atoms with van der Waals surface area (Å²) in [4.78, 5) is 22.0. The second-order valence-corrected chi connectivity index (χ2v) is 5.43. The molecule has 0 atom stereocenters. The predicted molar refractivity (Wildman–Crippen MR) is 79.2 cm³/mol. The second-order valence-electron chi connectivity index (χ2n) is 5.43. The van der Waals surface area contributed by atoms with Crippen LogP contribution in [0.4, 0.5) is 0 Å². The van der Waals surface area contributed by atoms with E-state index in [1.165, 1.54) is 0 Å². The summed E-state index contributed by atoms with van der Waals surface area (Å²) in [5.74, 6) is -1.62. The van der Waals surface area contributed by atoms with Crippen molar-refractivity contribution in [1.29, 1.82) is 0 Å². The van der Waals surface area contributed by atoms with Crippen LogP contribution in [0.2, 0.25) is 0 Å². The highest BCUT2D eigenvalue weighted by atomic mass is 16.4. The summed E-state index contributed by atoms with van der Waals surface area (Å²) < 4.78 is 0. The van der Waals surface area contributed by atoms with E-state index in [9.17, 15) is 14.7 Å². The van der Waals surface area contributed by atoms with Crippen LogP contribution in [0.1, 0.15) is 43.2 Å². The summed E-state index contributed by atoms with van der Waals surface area (Å²) >= 11 is 0. The minimum Gasteiger partial charge on any atom is -0.481 e. The molecule has 0 saturated carbocycles. The van der Waals surface area contributed by atoms with Gasteiger partial charge >= 0.3 is 11.9 Å². The lowest BCUT2D eigenvalue weighted by atomic mass is 9.86. The molecule has 2 rings (SSSR count). The molecule has 1 aromatic carbocycles. The summed E-state index contributed by atoms with van der Waals surface area (Å²) in [5, 5.41) is 18.1. The molecule has 21 heavy (non-hydrogen) atoms. The van der Waals surface area contributed by atoms with Crippen molar-refractivity contribution >= 4 is 11.9 Å². The molecule has 1 aliphatic rings. The van der Waals surface area contributed by atoms with Gasteiger partial charge in [-0.1, -0.05) is 29.8 Å². The molecule has 0 heterocycles. The quantitative estimate of drug-likeness (QED) is 0.843. The van der Waals surface area contributed by atoms with Crippen LogP contribution in [0.15, 0.2) is 35.4 Å². The number of carbonyl (C=O) groups is 2. The molecule has 0 spiro atoms. The molecule has 4 nitrogen and oxygen atoms in total. The molecular weight excluding hydrogens is 268 g/mol. The van der Waals surface area contributed by atoms with Gasteiger partial charge in [-0.2, -0.15) is 0 Å². The Bertz CT molecular complexity index is 572. The highest BCUT2D eigenvalue weighted by Gasteiger charge is 2.19. The molecule has 112 valence electrons. The average molecular weight is 288 g/mol. The number of aliphatic carboxylic acids is 2. The van der Waals surface area contributed by atoms with Gasteiger partial charge < -0.3 is 10.2 Å². The summed E-state index contributed by atoms with van der Waals surface area (Å²) in [5.41, 5.74) is 3.60. The molecule has 0 fully saturated rings. The number of rotatable bonds is 6. The van der Waals surface area contributed by atoms with E-state index in [0.717, 1.165) is 36.0 Å². The number of carboxylic acid groups (broad SMARTS) is 2. The van der Waals surface area contributed by atoms with E-state index < -0.39 is 11.9 Å². The zero-order valence-electron chi connectivity index (χ0n) is 12.0. The first-order valence-electron chi connectivity index (χ1n) is 7.30. The van der Waals surface area contributed by atoms with Crippen LogP contribution in [0, 0.1) is 0 Å². The van der Waals surface area contributed by atoms with Crippen molar-refractivity contribution < 1.29 is 19.8 Å². The highest BCUT2D eigenvalue weighted by Crippen LogP contribution is 2.28. The van der Waals surface area contributed by atoms with Crippen molar-refractivity contribution in [3.8, 4) is 0 Å². The molecule has 1 aliphatic carbocycles. The maximum Gasteiger partial charge on any atom is 0.331 e. The zero-order chi connectivity index (χ0) is 15.2. The van der Waals surface area contributed by atoms with Crippen LogP contribution < -0.4 is 0 Å². The lowest BCUT2D eigenvalue weighted by Gasteiger charge is -2.19. The second kappa shape index (κ2) is 7.07. The lowest BCUT2D eigenvalue weighted by Crippen LogP contribution is -2.11. The van der Waals surface area contributed by atoms with Crippen LogP contribution in [-0.2, 0) is 22.4 Å². The molecule has 0 aromatic heterocycles. The van der Waals surface area contributed by atoms with Crippen molar-refractivity contribution in [2.75, 3.05) is 0 Å². The van der Waals surface area contributed by atoms with E-state index in [1.807, 2.05) is 24.3 Å². The molecule has 0 saturated heterocycles. The Morgan fingerprint density at radius 3 is 2.33 bits per heavy atom. The van der Waals surface area contributed by atoms with Gasteiger partial charge in [0.05, 0.1) is 0 Å². The van der Waals surface area contributed by atoms with Crippen molar-refractivity contribution in [1.82, 2.24) is 0 Å². The van der Waals surface area contributed by atoms with Gasteiger partial charge in [0.25, 0.3) is 0 Å². The van der Waals surface area contributed by atoms with Gasteiger partial charge in [0.2, 0.25) is 0 Å². The third-order valence-electron chi connectivity index (χ3n) is 3.97. The van der Waals surface area contributed by atoms with Crippen LogP contribution in [0.25, 0.3) is 0 Å². The third kappa shape index (κ3) is 4.18. The number of hydrogen-bond donors (Lipinski definition) is 2. The minimum atomic E-state index is -0.812. The van der Waals surface area contributed by atoms with E-state index in [0.29, 0.717) is 24.8 Å². The first-order chi connectivity index (χ1) is 10.1. The third-order valence-corrected chi connectivity index (χ3v) is 3.97. The first-order valence-corrected chi connectivity index (χ1v) is 7.30. The number of aryl methyl sites for hydroxylation is 1. The summed E-state index contributed by atoms with van der Waals surface area (Å²) in [6, 6.07) is 7.72. The number of hydrogen-bond acceptors (Lipinski definition) is 2. The van der Waals surface area contributed by atoms with E-state index in [-0.39, 0.29) is 6.42 Å². The number of carboxylic acids is 2. The molecular formula is C17H20O4. The van der Waals surface area contributed by atoms with Crippen molar-refractivity contribution in [2.24, 2.45) is 0 Å². The normalized spacial score (nSPS) is 15.0. The van der Waals surface area contributed by atoms with Crippen molar-refractivity contribution in [2.45, 2.75) is 44.9 Å². The Labute approximate surface area is 124 Å². The molecule has 0 unspecified atom stereocenters. The Hall–Kier alpha value is -2.10. The summed E-state index contributed by atoms with van der Waals surface area (Å²) in [6.45, 7) is 0. The first kappa shape index (κ1) is 15.3. The Kier molecular flexibility index (Phi) is 5.14. The van der Waals surface area contributed by atoms with E-state index in [4.69, 9.17) is 5.11 Å². The maximum atomic E-state index is 11.3. The number of benzene rings is 1. The van der Waals surface area contributed by atoms with Crippen molar-refractivity contribution in [3.05, 3.63) is 46.5 Å². The predicted octanol–water partition coefficient (Wildman–Crippen LogP) is 3.20. The Balaban J connectivity index is 2.22. The monoisotopic (exact) mass is 288 g/mol. The zero-order valence-corrected chi connectivity index (χ0v) is 12.0. The Morgan fingerprint density at radius 2 is 1.67 bits per heavy atom. The van der Waals surface area contributed by atoms with Gasteiger partial charge in [0, 0.05) is 12.0 Å². The fourth-order valence-electron chi connectivity index (χ4n) is 2.87. The van der Waals surface area contributed by atoms with Gasteiger partial charge in [-0.3, -0.25) is 4.79 Å². The van der Waals surface area contributed by atoms with Gasteiger partial charge in [-0.05, 0) is 49.7 Å². The molecule has 0 aliphatic heterocycles. The molecule has 4 heteroatoms. The minimum absolute atomic E-state index is 0.0991. The Morgan fingerprint density at radius 1 is 1.00 bits per heavy atom. The molecule has 0 radical (unpaired) electrons. The van der Waals surface area contributed by atoms with Crippen LogP contribution in [0.3, 0.4) is 0 Å². The lowest BCUT2D eigenvalue weighted by molar-refractivity contribution is -0.137. The summed E-state index contributed by atoms with van der Waals surface area (Å²) in [7, 11) is 0. The van der Waals surface area contributed by atoms with Gasteiger partial charge in [0.1, 0.15) is 0 Å². The van der Waals surface area contributed by atoms with Crippen molar-refractivity contribution in [3.63, 3.8) is 0 Å². The maximum absolute atomic E-state index is 11.3. The van der Waals surface area contributed by atoms with E-state index in [1.54, 1.807) is 0 Å². The average Bonchev–Trinajstić information content (AvgIpc) is 2.46. The van der Waals surface area contributed by atoms with Gasteiger partial charge in [-0.25, -0.2) is 4.79 Å². The van der Waals surface area contributed by atoms with Gasteiger partial charge in [-0.15, -0.1) is 0 Å². The summed E-state index contributed by atoms with van der Waals surface area (Å²) in [6.07, 6.45) is 4.65. The smallest absolute Gasteiger partial charge is 0.331 e. The largest absolute Gasteiger partial charge is 0.481 e. The van der Waals surface area contributed by atoms with E-state index in [2.05, 4.69) is 0 Å². The van der Waals surface area contributed by atoms with Crippen LogP contribution in [-0.4, -0.2) is 22.2 Å². The van der Waals surface area contributed by atoms with Gasteiger partial charge in [0.15, 0.2) is 0 Å². The molecule has 2 N–H and O–H groups in total. The fourth-order valence-corrected chi connectivity index (χ4v) is 2.87. The van der Waals surface area contributed by atoms with E-state index >= 15 is 0 Å². The fraction of sp³-hybridized carbons (Fsp3) is 0.412. The highest BCUT2D eigenvalue weighted by molar-refractivity contribution is 5.87. The van der Waals surface area contributed by atoms with Crippen LogP contribution >= 0.6 is 0 Å². The standard InChI is InChI=1S/C17H20O4/c18-16(19)10-9-12-5-1-2-6-13(12)11-14-7-3-4-8-15(14)17(20)21/h1-2,5-6H,3-4,7-11H2,(H,18,19)(H,20,21). The molecule has 1 aromatic rings. The SMILES string of the molecule is O=C(O)CCc1ccccc1CC1=C(C(=O)O)CCCC1. The topological polar surface area (TPSA) is 74.6 Å².